The fourth-order valence-electron chi connectivity index (χ4n) is 3.91. The summed E-state index contributed by atoms with van der Waals surface area (Å²) in [6.07, 6.45) is 4.39. The van der Waals surface area contributed by atoms with Gasteiger partial charge >= 0.3 is 11.9 Å². The molecule has 1 N–H and O–H groups in total. The van der Waals surface area contributed by atoms with Crippen LogP contribution in [-0.2, 0) is 25.7 Å². The molecule has 0 unspecified atom stereocenters. The Hall–Kier alpha value is -3.55. The minimum Gasteiger partial charge on any atom is -0.497 e. The molecule has 2 aromatic rings. The van der Waals surface area contributed by atoms with Crippen LogP contribution < -0.4 is 15.0 Å². The van der Waals surface area contributed by atoms with Crippen molar-refractivity contribution in [2.45, 2.75) is 57.3 Å². The van der Waals surface area contributed by atoms with Crippen molar-refractivity contribution in [3.63, 3.8) is 0 Å². The van der Waals surface area contributed by atoms with Gasteiger partial charge in [-0.3, -0.25) is 9.59 Å². The van der Waals surface area contributed by atoms with E-state index in [1.807, 2.05) is 31.1 Å². The Morgan fingerprint density at radius 1 is 0.971 bits per heavy atom. The molecule has 8 heteroatoms. The van der Waals surface area contributed by atoms with Crippen LogP contribution in [0, 0.1) is 0 Å². The number of esters is 2. The molecular formula is C27H34N2O6. The molecule has 0 bridgehead atoms. The van der Waals surface area contributed by atoms with Crippen LogP contribution in [0.25, 0.3) is 0 Å². The summed E-state index contributed by atoms with van der Waals surface area (Å²) < 4.78 is 16.1. The molecule has 1 saturated carbocycles. The normalized spacial score (nSPS) is 14.5. The number of carbonyl (C=O) groups excluding carboxylic acids is 3. The number of benzene rings is 2. The van der Waals surface area contributed by atoms with Gasteiger partial charge in [0, 0.05) is 25.3 Å². The van der Waals surface area contributed by atoms with Gasteiger partial charge in [-0.1, -0.05) is 18.6 Å². The average Bonchev–Trinajstić information content (AvgIpc) is 2.87. The first-order valence-corrected chi connectivity index (χ1v) is 11.9. The molecule has 0 radical (unpaired) electrons. The van der Waals surface area contributed by atoms with Crippen molar-refractivity contribution in [3.05, 3.63) is 59.7 Å². The molecule has 188 valence electrons. The Bertz CT molecular complexity index is 982. The monoisotopic (exact) mass is 482 g/mol. The number of hydrogen-bond donors (Lipinski definition) is 1. The standard InChI is InChI=1S/C27H34N2O6/c1-29(2)21-13-11-20(12-14-21)26(31)28-24(17-25(30)35-23-7-5-4-6-8-23)27(32)34-18-19-9-15-22(33-3)16-10-19/h9-16,23-24H,4-8,17-18H2,1-3H3,(H,28,31)/t24-/m0/s1. The summed E-state index contributed by atoms with van der Waals surface area (Å²) in [4.78, 5) is 40.3. The van der Waals surface area contributed by atoms with Gasteiger partial charge in [-0.15, -0.1) is 0 Å². The molecule has 0 spiro atoms. The van der Waals surface area contributed by atoms with Crippen LogP contribution in [0.5, 0.6) is 5.75 Å². The fraction of sp³-hybridized carbons (Fsp3) is 0.444. The van der Waals surface area contributed by atoms with Crippen molar-refractivity contribution < 1.29 is 28.6 Å². The summed E-state index contributed by atoms with van der Waals surface area (Å²) in [5.41, 5.74) is 2.07. The molecule has 2 aromatic carbocycles. The zero-order valence-corrected chi connectivity index (χ0v) is 20.6. The molecule has 1 atom stereocenters. The van der Waals surface area contributed by atoms with Gasteiger partial charge in [0.1, 0.15) is 24.5 Å². The van der Waals surface area contributed by atoms with Gasteiger partial charge in [-0.05, 0) is 67.6 Å². The van der Waals surface area contributed by atoms with Crippen LogP contribution in [0.3, 0.4) is 0 Å². The van der Waals surface area contributed by atoms with Crippen LogP contribution in [-0.4, -0.2) is 51.2 Å². The number of rotatable bonds is 10. The molecular weight excluding hydrogens is 448 g/mol. The minimum atomic E-state index is -1.16. The molecule has 0 aliphatic heterocycles. The SMILES string of the molecule is COc1ccc(COC(=O)[C@H](CC(=O)OC2CCCCC2)NC(=O)c2ccc(N(C)C)cc2)cc1. The quantitative estimate of drug-likeness (QED) is 0.514. The van der Waals surface area contributed by atoms with Crippen LogP contribution in [0.15, 0.2) is 48.5 Å². The van der Waals surface area contributed by atoms with E-state index in [-0.39, 0.29) is 19.1 Å². The average molecular weight is 483 g/mol. The van der Waals surface area contributed by atoms with Crippen LogP contribution in [0.4, 0.5) is 5.69 Å². The molecule has 1 aliphatic carbocycles. The van der Waals surface area contributed by atoms with E-state index >= 15 is 0 Å². The first-order valence-electron chi connectivity index (χ1n) is 11.9. The van der Waals surface area contributed by atoms with Crippen molar-refractivity contribution in [2.75, 3.05) is 26.1 Å². The Kier molecular flexibility index (Phi) is 9.52. The van der Waals surface area contributed by atoms with Gasteiger partial charge in [-0.2, -0.15) is 0 Å². The van der Waals surface area contributed by atoms with Gasteiger partial charge in [0.05, 0.1) is 13.5 Å². The van der Waals surface area contributed by atoms with Gasteiger partial charge < -0.3 is 24.4 Å². The van der Waals surface area contributed by atoms with Crippen LogP contribution >= 0.6 is 0 Å². The van der Waals surface area contributed by atoms with E-state index in [9.17, 15) is 14.4 Å². The largest absolute Gasteiger partial charge is 0.497 e. The molecule has 8 nitrogen and oxygen atoms in total. The molecule has 1 fully saturated rings. The number of nitrogens with zero attached hydrogens (tertiary/aromatic N) is 1. The Morgan fingerprint density at radius 2 is 1.63 bits per heavy atom. The summed E-state index contributed by atoms with van der Waals surface area (Å²) in [6.45, 7) is 0.00437. The van der Waals surface area contributed by atoms with Crippen LogP contribution in [0.2, 0.25) is 0 Å². The summed E-state index contributed by atoms with van der Waals surface area (Å²) >= 11 is 0. The third-order valence-electron chi connectivity index (χ3n) is 6.00. The second kappa shape index (κ2) is 12.8. The number of ether oxygens (including phenoxy) is 3. The Morgan fingerprint density at radius 3 is 2.23 bits per heavy atom. The molecule has 1 aliphatic rings. The lowest BCUT2D eigenvalue weighted by atomic mass is 9.98. The molecule has 0 aromatic heterocycles. The summed E-state index contributed by atoms with van der Waals surface area (Å²) in [7, 11) is 5.38. The van der Waals surface area contributed by atoms with E-state index in [4.69, 9.17) is 14.2 Å². The van der Waals surface area contributed by atoms with Gasteiger partial charge in [0.2, 0.25) is 0 Å². The number of methoxy groups -OCH3 is 1. The topological polar surface area (TPSA) is 94.2 Å². The predicted octanol–water partition coefficient (Wildman–Crippen LogP) is 3.87. The molecule has 1 amide bonds. The Balaban J connectivity index is 1.66. The first-order chi connectivity index (χ1) is 16.9. The van der Waals surface area contributed by atoms with Crippen molar-refractivity contribution in [3.8, 4) is 5.75 Å². The zero-order valence-electron chi connectivity index (χ0n) is 20.6. The third kappa shape index (κ3) is 8.02. The highest BCUT2D eigenvalue weighted by molar-refractivity contribution is 5.98. The first kappa shape index (κ1) is 26.1. The van der Waals surface area contributed by atoms with Crippen LogP contribution in [0.1, 0.15) is 54.4 Å². The maximum Gasteiger partial charge on any atom is 0.329 e. The maximum atomic E-state index is 12.9. The molecule has 3 rings (SSSR count). The van der Waals surface area contributed by atoms with E-state index in [1.54, 1.807) is 43.5 Å². The summed E-state index contributed by atoms with van der Waals surface area (Å²) in [5.74, 6) is -0.991. The Labute approximate surface area is 206 Å². The highest BCUT2D eigenvalue weighted by Crippen LogP contribution is 2.21. The third-order valence-corrected chi connectivity index (χ3v) is 6.00. The van der Waals surface area contributed by atoms with Gasteiger partial charge in [0.25, 0.3) is 5.91 Å². The lowest BCUT2D eigenvalue weighted by molar-refractivity contribution is -0.157. The minimum absolute atomic E-state index is 0.00437. The highest BCUT2D eigenvalue weighted by Gasteiger charge is 2.28. The van der Waals surface area contributed by atoms with Crippen molar-refractivity contribution >= 4 is 23.5 Å². The highest BCUT2D eigenvalue weighted by atomic mass is 16.5. The van der Waals surface area contributed by atoms with E-state index in [0.29, 0.717) is 11.3 Å². The van der Waals surface area contributed by atoms with Crippen molar-refractivity contribution in [1.29, 1.82) is 0 Å². The lowest BCUT2D eigenvalue weighted by Crippen LogP contribution is -2.43. The smallest absolute Gasteiger partial charge is 0.329 e. The van der Waals surface area contributed by atoms with Gasteiger partial charge in [0.15, 0.2) is 0 Å². The summed E-state index contributed by atoms with van der Waals surface area (Å²) in [5, 5.41) is 2.66. The van der Waals surface area contributed by atoms with E-state index < -0.39 is 23.9 Å². The molecule has 0 saturated heterocycles. The number of carbonyl (C=O) groups is 3. The number of hydrogen-bond acceptors (Lipinski definition) is 7. The number of anilines is 1. The molecule has 0 heterocycles. The number of amides is 1. The summed E-state index contributed by atoms with van der Waals surface area (Å²) in [6, 6.07) is 12.9. The number of nitrogens with one attached hydrogen (secondary N) is 1. The predicted molar refractivity (Wildman–Crippen MR) is 132 cm³/mol. The van der Waals surface area contributed by atoms with Gasteiger partial charge in [-0.25, -0.2) is 4.79 Å². The van der Waals surface area contributed by atoms with E-state index in [1.165, 1.54) is 0 Å². The van der Waals surface area contributed by atoms with Crippen molar-refractivity contribution in [1.82, 2.24) is 5.32 Å². The lowest BCUT2D eigenvalue weighted by Gasteiger charge is -2.23. The fourth-order valence-corrected chi connectivity index (χ4v) is 3.91. The van der Waals surface area contributed by atoms with Crippen molar-refractivity contribution in [2.24, 2.45) is 0 Å². The van der Waals surface area contributed by atoms with E-state index in [2.05, 4.69) is 5.32 Å². The second-order valence-electron chi connectivity index (χ2n) is 8.88. The maximum absolute atomic E-state index is 12.9. The molecule has 35 heavy (non-hydrogen) atoms. The van der Waals surface area contributed by atoms with E-state index in [0.717, 1.165) is 43.4 Å². The zero-order chi connectivity index (χ0) is 25.2. The second-order valence-corrected chi connectivity index (χ2v) is 8.88.